The van der Waals surface area contributed by atoms with Gasteiger partial charge in [0.1, 0.15) is 0 Å². The minimum atomic E-state index is -0.0294. The van der Waals surface area contributed by atoms with Crippen LogP contribution in [0.15, 0.2) is 78.9 Å². The molecule has 3 heteroatoms. The van der Waals surface area contributed by atoms with Gasteiger partial charge in [0.05, 0.1) is 17.2 Å². The molecule has 1 unspecified atom stereocenters. The summed E-state index contributed by atoms with van der Waals surface area (Å²) in [5.74, 6) is 6.65. The highest BCUT2D eigenvalue weighted by Crippen LogP contribution is 2.42. The number of nitrogens with two attached hydrogens (primary N) is 1. The van der Waals surface area contributed by atoms with Crippen LogP contribution in [0.2, 0.25) is 0 Å². The van der Waals surface area contributed by atoms with Gasteiger partial charge in [-0.15, -0.1) is 0 Å². The summed E-state index contributed by atoms with van der Waals surface area (Å²) in [5.41, 5.74) is 7.23. The molecule has 0 bridgehead atoms. The summed E-state index contributed by atoms with van der Waals surface area (Å²) in [6.45, 7) is 7.53. The second-order valence-electron chi connectivity index (χ2n) is 7.28. The minimum absolute atomic E-state index is 0.0294. The predicted molar refractivity (Wildman–Crippen MR) is 114 cm³/mol. The predicted octanol–water partition coefficient (Wildman–Crippen LogP) is 5.35. The van der Waals surface area contributed by atoms with Gasteiger partial charge in [-0.3, -0.25) is 5.01 Å². The summed E-state index contributed by atoms with van der Waals surface area (Å²) in [5, 5.41) is 4.47. The maximum Gasteiger partial charge on any atom is 0.0933 e. The van der Waals surface area contributed by atoms with Crippen LogP contribution in [0.25, 0.3) is 21.8 Å². The van der Waals surface area contributed by atoms with Gasteiger partial charge >= 0.3 is 0 Å². The van der Waals surface area contributed by atoms with E-state index in [0.29, 0.717) is 0 Å². The fourth-order valence-electron chi connectivity index (χ4n) is 4.65. The SMILES string of the molecule is C=C1Cc2ccccc2N(N)C1c1cccc2c3ccccc3n(CC)c12. The summed E-state index contributed by atoms with van der Waals surface area (Å²) in [7, 11) is 0. The second kappa shape index (κ2) is 6.00. The largest absolute Gasteiger partial charge is 0.340 e. The third-order valence-electron chi connectivity index (χ3n) is 5.79. The third kappa shape index (κ3) is 2.25. The molecule has 1 aliphatic heterocycles. The molecule has 0 spiro atoms. The number of benzene rings is 3. The zero-order chi connectivity index (χ0) is 18.5. The van der Waals surface area contributed by atoms with E-state index in [0.717, 1.165) is 24.2 Å². The Morgan fingerprint density at radius 1 is 0.963 bits per heavy atom. The lowest BCUT2D eigenvalue weighted by atomic mass is 9.88. The summed E-state index contributed by atoms with van der Waals surface area (Å²) >= 11 is 0. The standard InChI is InChI=1S/C24H23N3/c1-3-26-22-14-7-5-10-18(22)19-11-8-12-20(24(19)26)23-16(2)15-17-9-4-6-13-21(17)27(23)25/h4-14,23H,2-3,15,25H2,1H3. The first kappa shape index (κ1) is 16.2. The Bertz CT molecular complexity index is 1180. The lowest BCUT2D eigenvalue weighted by molar-refractivity contribution is 0.677. The number of anilines is 1. The monoisotopic (exact) mass is 353 g/mol. The Hall–Kier alpha value is -3.04. The number of hydrogen-bond acceptors (Lipinski definition) is 2. The number of fused-ring (bicyclic) bond motifs is 4. The maximum absolute atomic E-state index is 6.65. The van der Waals surface area contributed by atoms with Gasteiger partial charge < -0.3 is 4.57 Å². The molecule has 0 saturated carbocycles. The van der Waals surface area contributed by atoms with E-state index in [1.807, 2.05) is 11.1 Å². The van der Waals surface area contributed by atoms with E-state index in [4.69, 9.17) is 5.84 Å². The molecular weight excluding hydrogens is 330 g/mol. The van der Waals surface area contributed by atoms with Crippen molar-refractivity contribution in [2.75, 3.05) is 5.01 Å². The van der Waals surface area contributed by atoms with Crippen LogP contribution in [0, 0.1) is 0 Å². The lowest BCUT2D eigenvalue weighted by Crippen LogP contribution is -2.40. The molecule has 3 nitrogen and oxygen atoms in total. The first-order valence-corrected chi connectivity index (χ1v) is 9.50. The van der Waals surface area contributed by atoms with Gasteiger partial charge in [-0.05, 0) is 36.6 Å². The van der Waals surface area contributed by atoms with Crippen LogP contribution in [0.3, 0.4) is 0 Å². The van der Waals surface area contributed by atoms with E-state index in [9.17, 15) is 0 Å². The molecule has 27 heavy (non-hydrogen) atoms. The van der Waals surface area contributed by atoms with Crippen molar-refractivity contribution in [2.24, 2.45) is 5.84 Å². The van der Waals surface area contributed by atoms with E-state index < -0.39 is 0 Å². The Morgan fingerprint density at radius 3 is 2.56 bits per heavy atom. The van der Waals surface area contributed by atoms with Crippen LogP contribution in [0.5, 0.6) is 0 Å². The van der Waals surface area contributed by atoms with Gasteiger partial charge in [0.25, 0.3) is 0 Å². The Kier molecular flexibility index (Phi) is 3.59. The van der Waals surface area contributed by atoms with Gasteiger partial charge in [-0.25, -0.2) is 5.84 Å². The third-order valence-corrected chi connectivity index (χ3v) is 5.79. The van der Waals surface area contributed by atoms with Crippen molar-refractivity contribution in [3.05, 3.63) is 90.0 Å². The van der Waals surface area contributed by atoms with Crippen molar-refractivity contribution in [1.29, 1.82) is 0 Å². The molecule has 3 aromatic carbocycles. The van der Waals surface area contributed by atoms with E-state index in [-0.39, 0.29) is 6.04 Å². The topological polar surface area (TPSA) is 34.2 Å². The molecule has 0 aliphatic carbocycles. The quantitative estimate of drug-likeness (QED) is 0.389. The molecule has 5 rings (SSSR count). The molecule has 0 amide bonds. The second-order valence-corrected chi connectivity index (χ2v) is 7.28. The number of nitrogens with zero attached hydrogens (tertiary/aromatic N) is 2. The Morgan fingerprint density at radius 2 is 1.70 bits per heavy atom. The van der Waals surface area contributed by atoms with Crippen molar-refractivity contribution in [3.8, 4) is 0 Å². The smallest absolute Gasteiger partial charge is 0.0933 e. The van der Waals surface area contributed by atoms with Crippen LogP contribution in [-0.2, 0) is 13.0 Å². The van der Waals surface area contributed by atoms with Crippen LogP contribution in [0.1, 0.15) is 24.1 Å². The number of rotatable bonds is 2. The van der Waals surface area contributed by atoms with E-state index >= 15 is 0 Å². The number of hydrogen-bond donors (Lipinski definition) is 1. The Balaban J connectivity index is 1.80. The molecular formula is C24H23N3. The molecule has 0 radical (unpaired) electrons. The van der Waals surface area contributed by atoms with Gasteiger partial charge in [0, 0.05) is 28.4 Å². The van der Waals surface area contributed by atoms with E-state index in [1.54, 1.807) is 0 Å². The molecule has 1 aliphatic rings. The van der Waals surface area contributed by atoms with Crippen LogP contribution in [0.4, 0.5) is 5.69 Å². The summed E-state index contributed by atoms with van der Waals surface area (Å²) < 4.78 is 2.40. The molecule has 0 fully saturated rings. The number of aryl methyl sites for hydroxylation is 1. The van der Waals surface area contributed by atoms with Gasteiger partial charge in [-0.1, -0.05) is 61.2 Å². The van der Waals surface area contributed by atoms with Gasteiger partial charge in [0.2, 0.25) is 0 Å². The molecule has 134 valence electrons. The highest BCUT2D eigenvalue weighted by Gasteiger charge is 2.30. The zero-order valence-electron chi connectivity index (χ0n) is 15.5. The fourth-order valence-corrected chi connectivity index (χ4v) is 4.65. The maximum atomic E-state index is 6.65. The van der Waals surface area contributed by atoms with Gasteiger partial charge in [0.15, 0.2) is 0 Å². The molecule has 1 atom stereocenters. The lowest BCUT2D eigenvalue weighted by Gasteiger charge is -2.37. The highest BCUT2D eigenvalue weighted by atomic mass is 15.4. The van der Waals surface area contributed by atoms with Crippen LogP contribution >= 0.6 is 0 Å². The summed E-state index contributed by atoms with van der Waals surface area (Å²) in [4.78, 5) is 0. The van der Waals surface area contributed by atoms with E-state index in [2.05, 4.69) is 78.7 Å². The summed E-state index contributed by atoms with van der Waals surface area (Å²) in [6, 6.07) is 23.5. The van der Waals surface area contributed by atoms with Crippen molar-refractivity contribution in [2.45, 2.75) is 25.9 Å². The number of aromatic nitrogens is 1. The molecule has 2 N–H and O–H groups in total. The molecule has 2 heterocycles. The van der Waals surface area contributed by atoms with Crippen molar-refractivity contribution >= 4 is 27.5 Å². The average Bonchev–Trinajstić information content (AvgIpc) is 3.02. The van der Waals surface area contributed by atoms with Crippen LogP contribution < -0.4 is 10.9 Å². The van der Waals surface area contributed by atoms with Crippen molar-refractivity contribution < 1.29 is 0 Å². The van der Waals surface area contributed by atoms with Crippen LogP contribution in [-0.4, -0.2) is 4.57 Å². The summed E-state index contributed by atoms with van der Waals surface area (Å²) in [6.07, 6.45) is 0.858. The highest BCUT2D eigenvalue weighted by molar-refractivity contribution is 6.09. The first-order chi connectivity index (χ1) is 13.2. The molecule has 4 aromatic rings. The van der Waals surface area contributed by atoms with E-state index in [1.165, 1.54) is 32.9 Å². The number of hydrazine groups is 1. The number of para-hydroxylation sites is 3. The van der Waals surface area contributed by atoms with Crippen molar-refractivity contribution in [3.63, 3.8) is 0 Å². The minimum Gasteiger partial charge on any atom is -0.340 e. The molecule has 0 saturated heterocycles. The normalized spacial score (nSPS) is 16.9. The fraction of sp³-hybridized carbons (Fsp3) is 0.167. The van der Waals surface area contributed by atoms with Gasteiger partial charge in [-0.2, -0.15) is 0 Å². The average molecular weight is 353 g/mol. The molecule has 1 aromatic heterocycles. The zero-order valence-corrected chi connectivity index (χ0v) is 15.5. The van der Waals surface area contributed by atoms with Crippen molar-refractivity contribution in [1.82, 2.24) is 4.57 Å². The first-order valence-electron chi connectivity index (χ1n) is 9.50. The Labute approximate surface area is 159 Å².